The Morgan fingerprint density at radius 1 is 1.14 bits per heavy atom. The zero-order valence-corrected chi connectivity index (χ0v) is 17.4. The Hall–Kier alpha value is -2.18. The van der Waals surface area contributed by atoms with E-state index < -0.39 is 0 Å². The summed E-state index contributed by atoms with van der Waals surface area (Å²) >= 11 is 1.64. The summed E-state index contributed by atoms with van der Waals surface area (Å²) in [5, 5.41) is 3.99. The van der Waals surface area contributed by atoms with Gasteiger partial charge in [-0.15, -0.1) is 11.3 Å². The topological polar surface area (TPSA) is 58.6 Å². The average Bonchev–Trinajstić information content (AvgIpc) is 3.01. The number of hydrogen-bond donors (Lipinski definition) is 1. The number of nitrogens with one attached hydrogen (secondary N) is 1. The molecule has 1 aliphatic carbocycles. The normalized spacial score (nSPS) is 18.7. The van der Waals surface area contributed by atoms with Crippen LogP contribution in [0.4, 0.5) is 10.7 Å². The number of rotatable bonds is 3. The fourth-order valence-corrected chi connectivity index (χ4v) is 5.44. The molecule has 4 rings (SSSR count). The summed E-state index contributed by atoms with van der Waals surface area (Å²) in [5.74, 6) is 0.175. The first-order valence-corrected chi connectivity index (χ1v) is 10.6. The van der Waals surface area contributed by atoms with E-state index in [0.717, 1.165) is 35.6 Å². The number of ether oxygens (including phenoxy) is 1. The van der Waals surface area contributed by atoms with E-state index in [9.17, 15) is 9.59 Å². The van der Waals surface area contributed by atoms with Crippen LogP contribution in [0.1, 0.15) is 42.4 Å². The van der Waals surface area contributed by atoms with E-state index in [1.165, 1.54) is 23.1 Å². The minimum atomic E-state index is -0.0815. The van der Waals surface area contributed by atoms with Gasteiger partial charge in [0, 0.05) is 37.7 Å². The van der Waals surface area contributed by atoms with Crippen LogP contribution in [-0.2, 0) is 16.0 Å². The van der Waals surface area contributed by atoms with Gasteiger partial charge in [-0.05, 0) is 35.1 Å². The summed E-state index contributed by atoms with van der Waals surface area (Å²) in [5.41, 5.74) is 4.21. The highest BCUT2D eigenvalue weighted by molar-refractivity contribution is 7.19. The van der Waals surface area contributed by atoms with Crippen molar-refractivity contribution < 1.29 is 14.3 Å². The van der Waals surface area contributed by atoms with Crippen LogP contribution in [-0.4, -0.2) is 38.0 Å². The van der Waals surface area contributed by atoms with Crippen LogP contribution in [0.3, 0.4) is 0 Å². The fourth-order valence-electron chi connectivity index (χ4n) is 4.11. The lowest BCUT2D eigenvalue weighted by atomic mass is 9.75. The van der Waals surface area contributed by atoms with Gasteiger partial charge in [-0.1, -0.05) is 26.0 Å². The van der Waals surface area contributed by atoms with Gasteiger partial charge in [0.2, 0.25) is 5.91 Å². The highest BCUT2D eigenvalue weighted by atomic mass is 32.1. The molecule has 1 fully saturated rings. The third kappa shape index (κ3) is 3.71. The largest absolute Gasteiger partial charge is 0.378 e. The summed E-state index contributed by atoms with van der Waals surface area (Å²) in [4.78, 5) is 27.5. The van der Waals surface area contributed by atoms with Gasteiger partial charge in [0.05, 0.1) is 23.1 Å². The molecule has 1 saturated heterocycles. The first-order valence-electron chi connectivity index (χ1n) is 9.74. The second-order valence-corrected chi connectivity index (χ2v) is 9.39. The number of carbonyl (C=O) groups is 2. The molecule has 1 aliphatic heterocycles. The van der Waals surface area contributed by atoms with Crippen molar-refractivity contribution in [3.05, 3.63) is 34.7 Å². The maximum absolute atomic E-state index is 12.9. The van der Waals surface area contributed by atoms with Crippen molar-refractivity contribution in [3.8, 4) is 11.1 Å². The second-order valence-electron chi connectivity index (χ2n) is 8.39. The molecule has 0 bridgehead atoms. The number of ketones is 1. The second kappa shape index (κ2) is 7.33. The van der Waals surface area contributed by atoms with E-state index in [4.69, 9.17) is 4.74 Å². The van der Waals surface area contributed by atoms with Gasteiger partial charge in [0.1, 0.15) is 0 Å². The summed E-state index contributed by atoms with van der Waals surface area (Å²) in [6, 6.07) is 7.95. The molecule has 0 atom stereocenters. The van der Waals surface area contributed by atoms with E-state index >= 15 is 0 Å². The van der Waals surface area contributed by atoms with Crippen molar-refractivity contribution in [3.63, 3.8) is 0 Å². The standard InChI is InChI=1S/C22H26N2O3S/c1-14(25)23-16-6-4-15(5-7-16)19-17-12-22(2,3)13-18(26)20(17)28-21(19)24-8-10-27-11-9-24/h4-7H,8-13H2,1-3H3,(H,23,25). The predicted molar refractivity (Wildman–Crippen MR) is 114 cm³/mol. The Kier molecular flexibility index (Phi) is 5.02. The van der Waals surface area contributed by atoms with Crippen molar-refractivity contribution in [1.29, 1.82) is 0 Å². The van der Waals surface area contributed by atoms with E-state index in [2.05, 4.69) is 24.1 Å². The first kappa shape index (κ1) is 19.2. The third-order valence-electron chi connectivity index (χ3n) is 5.33. The third-order valence-corrected chi connectivity index (χ3v) is 6.66. The molecule has 5 nitrogen and oxygen atoms in total. The van der Waals surface area contributed by atoms with Crippen molar-refractivity contribution in [2.75, 3.05) is 36.5 Å². The average molecular weight is 399 g/mol. The zero-order chi connectivity index (χ0) is 19.9. The van der Waals surface area contributed by atoms with Crippen LogP contribution >= 0.6 is 11.3 Å². The molecule has 148 valence electrons. The molecule has 1 N–H and O–H groups in total. The minimum Gasteiger partial charge on any atom is -0.378 e. The van der Waals surface area contributed by atoms with E-state index in [1.54, 1.807) is 11.3 Å². The van der Waals surface area contributed by atoms with Crippen molar-refractivity contribution in [2.45, 2.75) is 33.6 Å². The highest BCUT2D eigenvalue weighted by Gasteiger charge is 2.36. The van der Waals surface area contributed by atoms with Gasteiger partial charge in [0.25, 0.3) is 0 Å². The lowest BCUT2D eigenvalue weighted by molar-refractivity contribution is -0.114. The number of Topliss-reactive ketones (excluding diaryl/α,β-unsaturated/α-hetero) is 1. The molecular formula is C22H26N2O3S. The molecule has 0 radical (unpaired) electrons. The van der Waals surface area contributed by atoms with Crippen LogP contribution < -0.4 is 10.2 Å². The van der Waals surface area contributed by atoms with Crippen molar-refractivity contribution in [1.82, 2.24) is 0 Å². The number of morpholine rings is 1. The first-order chi connectivity index (χ1) is 13.3. The molecule has 2 aromatic rings. The lowest BCUT2D eigenvalue weighted by Gasteiger charge is -2.30. The van der Waals surface area contributed by atoms with Crippen LogP contribution in [0.25, 0.3) is 11.1 Å². The Morgan fingerprint density at radius 2 is 1.82 bits per heavy atom. The number of fused-ring (bicyclic) bond motifs is 1. The summed E-state index contributed by atoms with van der Waals surface area (Å²) in [7, 11) is 0. The van der Waals surface area contributed by atoms with Gasteiger partial charge < -0.3 is 15.0 Å². The van der Waals surface area contributed by atoms with Gasteiger partial charge in [0.15, 0.2) is 5.78 Å². The maximum Gasteiger partial charge on any atom is 0.221 e. The van der Waals surface area contributed by atoms with Gasteiger partial charge in [-0.3, -0.25) is 9.59 Å². The molecule has 2 heterocycles. The van der Waals surface area contributed by atoms with Crippen LogP contribution in [0.15, 0.2) is 24.3 Å². The number of nitrogens with zero attached hydrogens (tertiary/aromatic N) is 1. The lowest BCUT2D eigenvalue weighted by Crippen LogP contribution is -2.36. The van der Waals surface area contributed by atoms with Crippen LogP contribution in [0, 0.1) is 5.41 Å². The number of amides is 1. The van der Waals surface area contributed by atoms with Gasteiger partial charge >= 0.3 is 0 Å². The summed E-state index contributed by atoms with van der Waals surface area (Å²) < 4.78 is 5.53. The van der Waals surface area contributed by atoms with E-state index in [1.807, 2.05) is 24.3 Å². The molecular weight excluding hydrogens is 372 g/mol. The molecule has 0 unspecified atom stereocenters. The van der Waals surface area contributed by atoms with Gasteiger partial charge in [-0.2, -0.15) is 0 Å². The van der Waals surface area contributed by atoms with Crippen molar-refractivity contribution >= 4 is 33.7 Å². The van der Waals surface area contributed by atoms with Crippen LogP contribution in [0.2, 0.25) is 0 Å². The molecule has 28 heavy (non-hydrogen) atoms. The molecule has 1 amide bonds. The molecule has 6 heteroatoms. The number of benzene rings is 1. The Bertz CT molecular complexity index is 909. The number of hydrogen-bond acceptors (Lipinski definition) is 5. The van der Waals surface area contributed by atoms with E-state index in [0.29, 0.717) is 19.6 Å². The van der Waals surface area contributed by atoms with Crippen LogP contribution in [0.5, 0.6) is 0 Å². The van der Waals surface area contributed by atoms with Crippen molar-refractivity contribution in [2.24, 2.45) is 5.41 Å². The molecule has 0 spiro atoms. The smallest absolute Gasteiger partial charge is 0.221 e. The number of carbonyl (C=O) groups excluding carboxylic acids is 2. The minimum absolute atomic E-state index is 0.0295. The van der Waals surface area contributed by atoms with E-state index in [-0.39, 0.29) is 17.1 Å². The zero-order valence-electron chi connectivity index (χ0n) is 16.6. The highest BCUT2D eigenvalue weighted by Crippen LogP contribution is 2.49. The molecule has 2 aliphatic rings. The summed E-state index contributed by atoms with van der Waals surface area (Å²) in [6.07, 6.45) is 1.50. The molecule has 1 aromatic heterocycles. The SMILES string of the molecule is CC(=O)Nc1ccc(-c2c(N3CCOCC3)sc3c2CC(C)(C)CC3=O)cc1. The maximum atomic E-state index is 12.9. The number of thiophene rings is 1. The number of anilines is 2. The molecule has 1 aromatic carbocycles. The molecule has 0 saturated carbocycles. The van der Waals surface area contributed by atoms with Gasteiger partial charge in [-0.25, -0.2) is 0 Å². The Morgan fingerprint density at radius 3 is 2.46 bits per heavy atom. The Labute approximate surface area is 169 Å². The Balaban J connectivity index is 1.81. The predicted octanol–water partition coefficient (Wildman–Crippen LogP) is 4.37. The summed E-state index contributed by atoms with van der Waals surface area (Å²) in [6.45, 7) is 8.95. The quantitative estimate of drug-likeness (QED) is 0.834. The monoisotopic (exact) mass is 398 g/mol. The fraction of sp³-hybridized carbons (Fsp3) is 0.455.